The summed E-state index contributed by atoms with van der Waals surface area (Å²) in [6, 6.07) is 6.69. The van der Waals surface area contributed by atoms with E-state index in [9.17, 15) is 8.78 Å². The maximum absolute atomic E-state index is 12.4. The van der Waals surface area contributed by atoms with Crippen molar-refractivity contribution in [2.75, 3.05) is 26.8 Å². The van der Waals surface area contributed by atoms with E-state index in [0.717, 1.165) is 13.0 Å². The van der Waals surface area contributed by atoms with Gasteiger partial charge in [-0.25, -0.2) is 0 Å². The lowest BCUT2D eigenvalue weighted by Gasteiger charge is -2.14. The van der Waals surface area contributed by atoms with Crippen LogP contribution in [0, 0.1) is 5.92 Å². The average Bonchev–Trinajstić information content (AvgIpc) is 2.54. The second-order valence-electron chi connectivity index (χ2n) is 5.66. The first-order valence-electron chi connectivity index (χ1n) is 8.08. The van der Waals surface area contributed by atoms with Crippen LogP contribution in [0.4, 0.5) is 8.78 Å². The van der Waals surface area contributed by atoms with E-state index in [1.54, 1.807) is 25.2 Å². The third-order valence-electron chi connectivity index (χ3n) is 3.07. The summed E-state index contributed by atoms with van der Waals surface area (Å²) < 4.78 is 34.8. The summed E-state index contributed by atoms with van der Waals surface area (Å²) in [5, 5.41) is 6.24. The van der Waals surface area contributed by atoms with E-state index in [4.69, 9.17) is 4.74 Å². The van der Waals surface area contributed by atoms with E-state index in [-0.39, 0.29) is 5.75 Å². The van der Waals surface area contributed by atoms with E-state index in [2.05, 4.69) is 34.2 Å². The molecule has 0 atom stereocenters. The van der Waals surface area contributed by atoms with Gasteiger partial charge in [0.15, 0.2) is 5.96 Å². The number of halogens is 2. The Kier molecular flexibility index (Phi) is 9.76. The summed E-state index contributed by atoms with van der Waals surface area (Å²) in [5.41, 5.74) is 0.640. The SMILES string of the molecule is CN=C(NCCCOCC(C)C)NCc1ccccc1OC(F)F. The van der Waals surface area contributed by atoms with Crippen LogP contribution in [-0.4, -0.2) is 39.4 Å². The molecule has 136 valence electrons. The van der Waals surface area contributed by atoms with Gasteiger partial charge in [0.2, 0.25) is 0 Å². The zero-order valence-corrected chi connectivity index (χ0v) is 14.5. The van der Waals surface area contributed by atoms with E-state index in [0.29, 0.717) is 37.1 Å². The first kappa shape index (κ1) is 20.2. The number of para-hydroxylation sites is 1. The van der Waals surface area contributed by atoms with Crippen LogP contribution in [0.25, 0.3) is 0 Å². The molecule has 1 aromatic carbocycles. The van der Waals surface area contributed by atoms with Crippen LogP contribution in [0.3, 0.4) is 0 Å². The number of aliphatic imine (C=N–C) groups is 1. The van der Waals surface area contributed by atoms with Crippen molar-refractivity contribution in [3.63, 3.8) is 0 Å². The number of nitrogens with zero attached hydrogens (tertiary/aromatic N) is 1. The van der Waals surface area contributed by atoms with Crippen molar-refractivity contribution in [2.24, 2.45) is 10.9 Å². The maximum atomic E-state index is 12.4. The summed E-state index contributed by atoms with van der Waals surface area (Å²) in [7, 11) is 1.66. The summed E-state index contributed by atoms with van der Waals surface area (Å²) >= 11 is 0. The summed E-state index contributed by atoms with van der Waals surface area (Å²) in [6.45, 7) is 3.88. The zero-order valence-electron chi connectivity index (χ0n) is 14.5. The molecule has 2 N–H and O–H groups in total. The molecule has 0 aliphatic carbocycles. The Balaban J connectivity index is 2.34. The van der Waals surface area contributed by atoms with Crippen LogP contribution in [-0.2, 0) is 11.3 Å². The van der Waals surface area contributed by atoms with Gasteiger partial charge in [-0.3, -0.25) is 4.99 Å². The highest BCUT2D eigenvalue weighted by molar-refractivity contribution is 5.79. The number of alkyl halides is 2. The van der Waals surface area contributed by atoms with Gasteiger partial charge in [-0.2, -0.15) is 8.78 Å². The average molecular weight is 343 g/mol. The van der Waals surface area contributed by atoms with E-state index < -0.39 is 6.61 Å². The fourth-order valence-electron chi connectivity index (χ4n) is 1.96. The molecule has 1 aromatic rings. The predicted octanol–water partition coefficient (Wildman–Crippen LogP) is 3.02. The molecule has 1 rings (SSSR count). The standard InChI is InChI=1S/C17H27F2N3O2/c1-13(2)12-23-10-6-9-21-17(20-3)22-11-14-7-4-5-8-15(14)24-16(18)19/h4-5,7-8,13,16H,6,9-12H2,1-3H3,(H2,20,21,22). The lowest BCUT2D eigenvalue weighted by atomic mass is 10.2. The van der Waals surface area contributed by atoms with Crippen LogP contribution in [0.1, 0.15) is 25.8 Å². The molecule has 0 saturated carbocycles. The Morgan fingerprint density at radius 1 is 1.21 bits per heavy atom. The van der Waals surface area contributed by atoms with E-state index in [1.807, 2.05) is 0 Å². The fourth-order valence-corrected chi connectivity index (χ4v) is 1.96. The number of hydrogen-bond donors (Lipinski definition) is 2. The number of guanidine groups is 1. The molecule has 0 aromatic heterocycles. The van der Waals surface area contributed by atoms with Gasteiger partial charge in [0, 0.05) is 38.9 Å². The molecule has 0 saturated heterocycles. The first-order valence-corrected chi connectivity index (χ1v) is 8.08. The highest BCUT2D eigenvalue weighted by Crippen LogP contribution is 2.19. The van der Waals surface area contributed by atoms with Gasteiger partial charge in [0.1, 0.15) is 5.75 Å². The van der Waals surface area contributed by atoms with Crippen molar-refractivity contribution in [2.45, 2.75) is 33.4 Å². The van der Waals surface area contributed by atoms with Crippen molar-refractivity contribution in [1.82, 2.24) is 10.6 Å². The summed E-state index contributed by atoms with van der Waals surface area (Å²) in [5.74, 6) is 1.30. The van der Waals surface area contributed by atoms with Crippen molar-refractivity contribution >= 4 is 5.96 Å². The Morgan fingerprint density at radius 2 is 1.96 bits per heavy atom. The highest BCUT2D eigenvalue weighted by atomic mass is 19.3. The third-order valence-corrected chi connectivity index (χ3v) is 3.07. The number of rotatable bonds is 10. The molecule has 5 nitrogen and oxygen atoms in total. The fraction of sp³-hybridized carbons (Fsp3) is 0.588. The highest BCUT2D eigenvalue weighted by Gasteiger charge is 2.09. The number of nitrogens with one attached hydrogen (secondary N) is 2. The van der Waals surface area contributed by atoms with Gasteiger partial charge in [-0.15, -0.1) is 0 Å². The van der Waals surface area contributed by atoms with Gasteiger partial charge in [0.05, 0.1) is 0 Å². The quantitative estimate of drug-likeness (QED) is 0.390. The molecule has 24 heavy (non-hydrogen) atoms. The van der Waals surface area contributed by atoms with Crippen molar-refractivity contribution < 1.29 is 18.3 Å². The molecular formula is C17H27F2N3O2. The largest absolute Gasteiger partial charge is 0.434 e. The van der Waals surface area contributed by atoms with E-state index >= 15 is 0 Å². The Bertz CT molecular complexity index is 496. The smallest absolute Gasteiger partial charge is 0.387 e. The molecule has 0 aliphatic rings. The normalized spacial score (nSPS) is 11.9. The van der Waals surface area contributed by atoms with Gasteiger partial charge >= 0.3 is 6.61 Å². The first-order chi connectivity index (χ1) is 11.5. The number of benzene rings is 1. The molecule has 0 amide bonds. The molecule has 7 heteroatoms. The van der Waals surface area contributed by atoms with Crippen molar-refractivity contribution in [3.05, 3.63) is 29.8 Å². The molecular weight excluding hydrogens is 316 g/mol. The monoisotopic (exact) mass is 343 g/mol. The van der Waals surface area contributed by atoms with Gasteiger partial charge in [-0.05, 0) is 18.4 Å². The Morgan fingerprint density at radius 3 is 2.62 bits per heavy atom. The minimum atomic E-state index is -2.84. The molecule has 0 radical (unpaired) electrons. The predicted molar refractivity (Wildman–Crippen MR) is 91.5 cm³/mol. The van der Waals surface area contributed by atoms with Crippen LogP contribution in [0.15, 0.2) is 29.3 Å². The molecule has 0 bridgehead atoms. The maximum Gasteiger partial charge on any atom is 0.387 e. The van der Waals surface area contributed by atoms with Crippen LogP contribution >= 0.6 is 0 Å². The number of ether oxygens (including phenoxy) is 2. The zero-order chi connectivity index (χ0) is 17.8. The molecule has 0 heterocycles. The minimum absolute atomic E-state index is 0.164. The van der Waals surface area contributed by atoms with Crippen LogP contribution < -0.4 is 15.4 Å². The molecule has 0 unspecified atom stereocenters. The molecule has 0 spiro atoms. The Hall–Kier alpha value is -1.89. The molecule has 0 aliphatic heterocycles. The Labute approximate surface area is 142 Å². The third kappa shape index (κ3) is 8.67. The van der Waals surface area contributed by atoms with Crippen molar-refractivity contribution in [3.8, 4) is 5.75 Å². The summed E-state index contributed by atoms with van der Waals surface area (Å²) in [6.07, 6.45) is 0.860. The topological polar surface area (TPSA) is 54.9 Å². The lowest BCUT2D eigenvalue weighted by molar-refractivity contribution is -0.0504. The van der Waals surface area contributed by atoms with Crippen LogP contribution in [0.5, 0.6) is 5.75 Å². The molecule has 0 fully saturated rings. The van der Waals surface area contributed by atoms with Crippen molar-refractivity contribution in [1.29, 1.82) is 0 Å². The minimum Gasteiger partial charge on any atom is -0.434 e. The van der Waals surface area contributed by atoms with Crippen LogP contribution in [0.2, 0.25) is 0 Å². The second kappa shape index (κ2) is 11.6. The van der Waals surface area contributed by atoms with Gasteiger partial charge in [-0.1, -0.05) is 32.0 Å². The van der Waals surface area contributed by atoms with Gasteiger partial charge in [0.25, 0.3) is 0 Å². The second-order valence-corrected chi connectivity index (χ2v) is 5.66. The lowest BCUT2D eigenvalue weighted by Crippen LogP contribution is -2.37. The summed E-state index contributed by atoms with van der Waals surface area (Å²) in [4.78, 5) is 4.10. The van der Waals surface area contributed by atoms with E-state index in [1.165, 1.54) is 6.07 Å². The van der Waals surface area contributed by atoms with Gasteiger partial charge < -0.3 is 20.1 Å². The number of hydrogen-bond acceptors (Lipinski definition) is 3.